The lowest BCUT2D eigenvalue weighted by Gasteiger charge is -2.16. The minimum absolute atomic E-state index is 0.101. The fourth-order valence-corrected chi connectivity index (χ4v) is 2.88. The van der Waals surface area contributed by atoms with Crippen LogP contribution in [-0.2, 0) is 4.79 Å². The van der Waals surface area contributed by atoms with Gasteiger partial charge in [-0.3, -0.25) is 9.78 Å². The van der Waals surface area contributed by atoms with Crippen molar-refractivity contribution in [2.75, 3.05) is 6.54 Å². The van der Waals surface area contributed by atoms with Crippen LogP contribution in [0.25, 0.3) is 5.57 Å². The van der Waals surface area contributed by atoms with E-state index in [2.05, 4.69) is 15.3 Å². The van der Waals surface area contributed by atoms with Crippen LogP contribution in [0, 0.1) is 12.8 Å². The van der Waals surface area contributed by atoms with Crippen LogP contribution in [0.5, 0.6) is 0 Å². The van der Waals surface area contributed by atoms with E-state index >= 15 is 0 Å². The molecule has 0 aliphatic rings. The number of aliphatic hydroxyl groups is 1. The predicted octanol–water partition coefficient (Wildman–Crippen LogP) is 2.20. The van der Waals surface area contributed by atoms with Gasteiger partial charge in [0.2, 0.25) is 0 Å². The second-order valence-electron chi connectivity index (χ2n) is 7.44. The molecule has 0 aliphatic carbocycles. The first kappa shape index (κ1) is 23.8. The van der Waals surface area contributed by atoms with Crippen LogP contribution in [0.4, 0.5) is 5.82 Å². The lowest BCUT2D eigenvalue weighted by molar-refractivity contribution is -0.116. The maximum Gasteiger partial charge on any atom is 0.255 e. The van der Waals surface area contributed by atoms with Crippen LogP contribution in [0.1, 0.15) is 37.7 Å². The van der Waals surface area contributed by atoms with Crippen molar-refractivity contribution in [2.45, 2.75) is 33.8 Å². The summed E-state index contributed by atoms with van der Waals surface area (Å²) in [5.74, 6) is 0.229. The summed E-state index contributed by atoms with van der Waals surface area (Å²) in [6, 6.07) is 9.14. The van der Waals surface area contributed by atoms with E-state index in [-0.39, 0.29) is 18.0 Å². The van der Waals surface area contributed by atoms with Crippen molar-refractivity contribution < 1.29 is 9.90 Å². The summed E-state index contributed by atoms with van der Waals surface area (Å²) in [5.41, 5.74) is 15.3. The van der Waals surface area contributed by atoms with Crippen LogP contribution >= 0.6 is 0 Å². The van der Waals surface area contributed by atoms with Crippen LogP contribution in [-0.4, -0.2) is 39.3 Å². The number of nitrogens with two attached hydrogens (primary N) is 2. The first-order chi connectivity index (χ1) is 14.8. The van der Waals surface area contributed by atoms with Crippen molar-refractivity contribution in [3.63, 3.8) is 0 Å². The minimum Gasteiger partial charge on any atom is -0.404 e. The van der Waals surface area contributed by atoms with Gasteiger partial charge in [-0.2, -0.15) is 0 Å². The van der Waals surface area contributed by atoms with Gasteiger partial charge in [-0.1, -0.05) is 19.9 Å². The van der Waals surface area contributed by atoms with Gasteiger partial charge in [-0.15, -0.1) is 0 Å². The number of aromatic nitrogens is 2. The summed E-state index contributed by atoms with van der Waals surface area (Å²) in [5, 5.41) is 12.1. The monoisotopic (exact) mass is 422 g/mol. The number of aliphatic hydroxyl groups excluding tert-OH is 1. The SMILES string of the molecule is Cc1cccc(N=C(C(=CN)C(C)C)c2ccnc(C(=CN)C(=O)NCC(C)O)c2)n1. The molecule has 1 amide bonds. The average molecular weight is 423 g/mol. The van der Waals surface area contributed by atoms with Crippen molar-refractivity contribution in [2.24, 2.45) is 22.4 Å². The van der Waals surface area contributed by atoms with Crippen molar-refractivity contribution in [1.82, 2.24) is 15.3 Å². The molecule has 0 saturated heterocycles. The van der Waals surface area contributed by atoms with Gasteiger partial charge in [0.25, 0.3) is 5.91 Å². The number of hydrogen-bond acceptors (Lipinski definition) is 7. The summed E-state index contributed by atoms with van der Waals surface area (Å²) in [6.45, 7) is 7.63. The molecule has 0 spiro atoms. The molecule has 0 saturated carbocycles. The van der Waals surface area contributed by atoms with E-state index in [1.807, 2.05) is 39.0 Å². The first-order valence-corrected chi connectivity index (χ1v) is 10.1. The second kappa shape index (κ2) is 11.0. The summed E-state index contributed by atoms with van der Waals surface area (Å²) < 4.78 is 0. The van der Waals surface area contributed by atoms with E-state index in [1.54, 1.807) is 25.3 Å². The van der Waals surface area contributed by atoms with Crippen LogP contribution in [0.2, 0.25) is 0 Å². The molecule has 31 heavy (non-hydrogen) atoms. The number of pyridine rings is 2. The third kappa shape index (κ3) is 6.48. The highest BCUT2D eigenvalue weighted by Gasteiger charge is 2.18. The third-order valence-corrected chi connectivity index (χ3v) is 4.45. The molecule has 0 bridgehead atoms. The van der Waals surface area contributed by atoms with E-state index in [1.165, 1.54) is 12.4 Å². The van der Waals surface area contributed by atoms with Gasteiger partial charge in [0.05, 0.1) is 23.1 Å². The number of carbonyl (C=O) groups excluding carboxylic acids is 1. The van der Waals surface area contributed by atoms with Gasteiger partial charge in [0, 0.05) is 30.2 Å². The maximum atomic E-state index is 12.5. The zero-order valence-corrected chi connectivity index (χ0v) is 18.3. The standard InChI is InChI=1S/C23H30N6O2/c1-14(2)18(11-24)22(29-21-7-5-6-15(3)28-21)17-8-9-26-20(10-17)19(12-25)23(31)27-13-16(4)30/h5-12,14,16,30H,13,24-25H2,1-4H3,(H,27,31). The summed E-state index contributed by atoms with van der Waals surface area (Å²) in [4.78, 5) is 26.0. The molecule has 8 nitrogen and oxygen atoms in total. The molecule has 2 aromatic heterocycles. The molecule has 0 fully saturated rings. The van der Waals surface area contributed by atoms with E-state index in [0.717, 1.165) is 16.8 Å². The van der Waals surface area contributed by atoms with Gasteiger partial charge >= 0.3 is 0 Å². The molecule has 164 valence electrons. The topological polar surface area (TPSA) is 140 Å². The molecule has 6 N–H and O–H groups in total. The lowest BCUT2D eigenvalue weighted by Crippen LogP contribution is -2.31. The van der Waals surface area contributed by atoms with Gasteiger partial charge in [0.15, 0.2) is 5.82 Å². The lowest BCUT2D eigenvalue weighted by atomic mass is 9.93. The van der Waals surface area contributed by atoms with Crippen LogP contribution in [0.15, 0.2) is 59.5 Å². The largest absolute Gasteiger partial charge is 0.404 e. The Bertz CT molecular complexity index is 1010. The Balaban J connectivity index is 2.54. The maximum absolute atomic E-state index is 12.5. The number of aryl methyl sites for hydroxylation is 1. The van der Waals surface area contributed by atoms with Gasteiger partial charge < -0.3 is 21.9 Å². The molecule has 2 heterocycles. The Morgan fingerprint density at radius 2 is 1.97 bits per heavy atom. The number of nitrogens with one attached hydrogen (secondary N) is 1. The van der Waals surface area contributed by atoms with E-state index in [0.29, 0.717) is 17.2 Å². The zero-order valence-electron chi connectivity index (χ0n) is 18.3. The van der Waals surface area contributed by atoms with Crippen molar-refractivity contribution in [3.05, 3.63) is 71.5 Å². The fraction of sp³-hybridized carbons (Fsp3) is 0.304. The highest BCUT2D eigenvalue weighted by atomic mass is 16.3. The van der Waals surface area contributed by atoms with E-state index in [4.69, 9.17) is 16.5 Å². The molecule has 1 unspecified atom stereocenters. The smallest absolute Gasteiger partial charge is 0.255 e. The Labute approximate surface area is 182 Å². The average Bonchev–Trinajstić information content (AvgIpc) is 2.72. The van der Waals surface area contributed by atoms with E-state index < -0.39 is 12.0 Å². The highest BCUT2D eigenvalue weighted by Crippen LogP contribution is 2.22. The van der Waals surface area contributed by atoms with Crippen molar-refractivity contribution in [1.29, 1.82) is 0 Å². The first-order valence-electron chi connectivity index (χ1n) is 10.1. The Kier molecular flexibility index (Phi) is 8.45. The minimum atomic E-state index is -0.675. The summed E-state index contributed by atoms with van der Waals surface area (Å²) >= 11 is 0. The Hall–Kier alpha value is -3.52. The molecular formula is C23H30N6O2. The quantitative estimate of drug-likeness (QED) is 0.380. The number of allylic oxidation sites excluding steroid dienone is 1. The van der Waals surface area contributed by atoms with Crippen LogP contribution in [0.3, 0.4) is 0 Å². The highest BCUT2D eigenvalue weighted by molar-refractivity contribution is 6.20. The number of amides is 1. The third-order valence-electron chi connectivity index (χ3n) is 4.45. The second-order valence-corrected chi connectivity index (χ2v) is 7.44. The van der Waals surface area contributed by atoms with E-state index in [9.17, 15) is 9.90 Å². The predicted molar refractivity (Wildman–Crippen MR) is 123 cm³/mol. The summed E-state index contributed by atoms with van der Waals surface area (Å²) in [6.07, 6.45) is 3.65. The Morgan fingerprint density at radius 1 is 1.23 bits per heavy atom. The van der Waals surface area contributed by atoms with Crippen molar-refractivity contribution in [3.8, 4) is 0 Å². The normalized spacial score (nSPS) is 13.9. The van der Waals surface area contributed by atoms with Gasteiger partial charge in [-0.25, -0.2) is 9.98 Å². The fourth-order valence-electron chi connectivity index (χ4n) is 2.88. The number of carbonyl (C=O) groups is 1. The molecule has 1 atom stereocenters. The van der Waals surface area contributed by atoms with Gasteiger partial charge in [0.1, 0.15) is 0 Å². The molecule has 2 rings (SSSR count). The molecule has 0 aromatic carbocycles. The van der Waals surface area contributed by atoms with Crippen LogP contribution < -0.4 is 16.8 Å². The molecule has 8 heteroatoms. The van der Waals surface area contributed by atoms with Crippen molar-refractivity contribution >= 4 is 23.0 Å². The number of nitrogens with zero attached hydrogens (tertiary/aromatic N) is 3. The number of aliphatic imine (C=N–C) groups is 1. The molecule has 0 radical (unpaired) electrons. The zero-order chi connectivity index (χ0) is 23.0. The molecule has 2 aromatic rings. The number of hydrogen-bond donors (Lipinski definition) is 4. The van der Waals surface area contributed by atoms with Gasteiger partial charge in [-0.05, 0) is 55.8 Å². The Morgan fingerprint density at radius 3 is 2.55 bits per heavy atom. The summed E-state index contributed by atoms with van der Waals surface area (Å²) in [7, 11) is 0. The molecule has 0 aliphatic heterocycles. The molecular weight excluding hydrogens is 392 g/mol. The number of rotatable bonds is 8.